The second-order valence-corrected chi connectivity index (χ2v) is 9.30. The van der Waals surface area contributed by atoms with E-state index in [2.05, 4.69) is 10.5 Å². The molecule has 0 atom stereocenters. The van der Waals surface area contributed by atoms with Crippen LogP contribution in [0.2, 0.25) is 0 Å². The van der Waals surface area contributed by atoms with Crippen LogP contribution in [0.15, 0.2) is 88.9 Å². The molecule has 0 aromatic heterocycles. The highest BCUT2D eigenvalue weighted by molar-refractivity contribution is 7.92. The Morgan fingerprint density at radius 3 is 2.12 bits per heavy atom. The van der Waals surface area contributed by atoms with Gasteiger partial charge in [0.2, 0.25) is 0 Å². The molecule has 1 amide bonds. The number of sulfonamides is 1. The molecule has 1 N–H and O–H groups in total. The first-order chi connectivity index (χ1) is 15.3. The zero-order chi connectivity index (χ0) is 23.1. The first-order valence-electron chi connectivity index (χ1n) is 10.0. The number of amides is 1. The van der Waals surface area contributed by atoms with Crippen LogP contribution < -0.4 is 14.6 Å². The molecule has 32 heavy (non-hydrogen) atoms. The molecule has 0 fully saturated rings. The van der Waals surface area contributed by atoms with E-state index in [1.54, 1.807) is 42.5 Å². The van der Waals surface area contributed by atoms with Crippen LogP contribution >= 0.6 is 0 Å². The van der Waals surface area contributed by atoms with Gasteiger partial charge >= 0.3 is 0 Å². The van der Waals surface area contributed by atoms with Crippen LogP contribution in [0.1, 0.15) is 11.1 Å². The Morgan fingerprint density at radius 1 is 0.906 bits per heavy atom. The normalized spacial score (nSPS) is 11.3. The molecule has 0 saturated heterocycles. The van der Waals surface area contributed by atoms with Crippen molar-refractivity contribution in [2.45, 2.75) is 11.8 Å². The predicted molar refractivity (Wildman–Crippen MR) is 129 cm³/mol. The number of hydrazone groups is 1. The quantitative estimate of drug-likeness (QED) is 0.421. The van der Waals surface area contributed by atoms with Gasteiger partial charge in [-0.05, 0) is 48.9 Å². The van der Waals surface area contributed by atoms with E-state index in [1.165, 1.54) is 18.3 Å². The highest BCUT2D eigenvalue weighted by atomic mass is 32.2. The topological polar surface area (TPSA) is 82.1 Å². The van der Waals surface area contributed by atoms with Crippen LogP contribution in [0.4, 0.5) is 11.4 Å². The van der Waals surface area contributed by atoms with Gasteiger partial charge < -0.3 is 4.90 Å². The number of rotatable bonds is 8. The average molecular weight is 451 g/mol. The van der Waals surface area contributed by atoms with Crippen molar-refractivity contribution in [1.29, 1.82) is 0 Å². The maximum Gasteiger partial charge on any atom is 0.264 e. The number of hydrogen-bond acceptors (Lipinski definition) is 5. The van der Waals surface area contributed by atoms with Gasteiger partial charge in [0.05, 0.1) is 16.8 Å². The second-order valence-electron chi connectivity index (χ2n) is 7.44. The van der Waals surface area contributed by atoms with Crippen molar-refractivity contribution in [3.05, 3.63) is 90.0 Å². The summed E-state index contributed by atoms with van der Waals surface area (Å²) in [5.74, 6) is -0.550. The van der Waals surface area contributed by atoms with E-state index in [-0.39, 0.29) is 4.90 Å². The molecular weight excluding hydrogens is 424 g/mol. The van der Waals surface area contributed by atoms with E-state index in [0.717, 1.165) is 21.1 Å². The Labute approximate surface area is 189 Å². The molecule has 0 saturated carbocycles. The van der Waals surface area contributed by atoms with E-state index in [4.69, 9.17) is 0 Å². The number of para-hydroxylation sites is 1. The first kappa shape index (κ1) is 23.0. The Hall–Kier alpha value is -3.65. The molecule has 0 radical (unpaired) electrons. The average Bonchev–Trinajstić information content (AvgIpc) is 2.78. The SMILES string of the molecule is Cc1ccc(S(=O)(=O)N(CC(=O)N/N=C\c2ccc(N(C)C)cc2)c2ccccc2)cc1. The molecule has 0 aliphatic heterocycles. The summed E-state index contributed by atoms with van der Waals surface area (Å²) >= 11 is 0. The van der Waals surface area contributed by atoms with Gasteiger partial charge in [-0.2, -0.15) is 5.10 Å². The number of anilines is 2. The van der Waals surface area contributed by atoms with E-state index >= 15 is 0 Å². The van der Waals surface area contributed by atoms with Crippen LogP contribution in [-0.2, 0) is 14.8 Å². The van der Waals surface area contributed by atoms with Crippen molar-refractivity contribution in [2.24, 2.45) is 5.10 Å². The molecule has 0 aliphatic carbocycles. The summed E-state index contributed by atoms with van der Waals surface area (Å²) in [6, 6.07) is 22.7. The van der Waals surface area contributed by atoms with Crippen molar-refractivity contribution in [2.75, 3.05) is 29.8 Å². The smallest absolute Gasteiger partial charge is 0.264 e. The van der Waals surface area contributed by atoms with Crippen molar-refractivity contribution >= 4 is 33.5 Å². The van der Waals surface area contributed by atoms with Crippen molar-refractivity contribution in [3.63, 3.8) is 0 Å². The highest BCUT2D eigenvalue weighted by Gasteiger charge is 2.27. The fourth-order valence-corrected chi connectivity index (χ4v) is 4.37. The number of nitrogens with zero attached hydrogens (tertiary/aromatic N) is 3. The lowest BCUT2D eigenvalue weighted by atomic mass is 10.2. The molecule has 0 bridgehead atoms. The largest absolute Gasteiger partial charge is 0.378 e. The number of nitrogens with one attached hydrogen (secondary N) is 1. The molecule has 3 aromatic rings. The first-order valence-corrected chi connectivity index (χ1v) is 11.4. The van der Waals surface area contributed by atoms with Crippen LogP contribution in [0.5, 0.6) is 0 Å². The Morgan fingerprint density at radius 2 is 1.53 bits per heavy atom. The minimum Gasteiger partial charge on any atom is -0.378 e. The maximum atomic E-state index is 13.3. The number of aryl methyl sites for hydroxylation is 1. The summed E-state index contributed by atoms with van der Waals surface area (Å²) in [4.78, 5) is 14.7. The molecule has 0 spiro atoms. The number of carbonyl (C=O) groups is 1. The third-order valence-electron chi connectivity index (χ3n) is 4.75. The summed E-state index contributed by atoms with van der Waals surface area (Å²) in [7, 11) is -0.0384. The fraction of sp³-hybridized carbons (Fsp3) is 0.167. The molecule has 8 heteroatoms. The molecule has 3 aromatic carbocycles. The Bertz CT molecular complexity index is 1170. The van der Waals surface area contributed by atoms with Gasteiger partial charge in [0.1, 0.15) is 6.54 Å². The van der Waals surface area contributed by atoms with Crippen LogP contribution in [0.25, 0.3) is 0 Å². The minimum atomic E-state index is -3.94. The lowest BCUT2D eigenvalue weighted by Gasteiger charge is -2.23. The van der Waals surface area contributed by atoms with Crippen molar-refractivity contribution in [1.82, 2.24) is 5.43 Å². The predicted octanol–water partition coefficient (Wildman–Crippen LogP) is 3.41. The summed E-state index contributed by atoms with van der Waals surface area (Å²) < 4.78 is 27.6. The molecule has 0 unspecified atom stereocenters. The molecule has 166 valence electrons. The lowest BCUT2D eigenvalue weighted by molar-refractivity contribution is -0.119. The summed E-state index contributed by atoms with van der Waals surface area (Å²) in [6.45, 7) is 1.47. The monoisotopic (exact) mass is 450 g/mol. The summed E-state index contributed by atoms with van der Waals surface area (Å²) in [5, 5.41) is 3.97. The summed E-state index contributed by atoms with van der Waals surface area (Å²) in [5.41, 5.74) is 5.61. The zero-order valence-electron chi connectivity index (χ0n) is 18.3. The van der Waals surface area contributed by atoms with Gasteiger partial charge in [-0.1, -0.05) is 48.0 Å². The maximum absolute atomic E-state index is 13.3. The molecular formula is C24H26N4O3S. The number of carbonyl (C=O) groups excluding carboxylic acids is 1. The van der Waals surface area contributed by atoms with Gasteiger partial charge in [0.25, 0.3) is 15.9 Å². The second kappa shape index (κ2) is 10.1. The van der Waals surface area contributed by atoms with E-state index in [1.807, 2.05) is 50.2 Å². The molecule has 0 aliphatic rings. The number of benzene rings is 3. The van der Waals surface area contributed by atoms with Crippen molar-refractivity contribution in [3.8, 4) is 0 Å². The van der Waals surface area contributed by atoms with Crippen LogP contribution in [0, 0.1) is 6.92 Å². The van der Waals surface area contributed by atoms with Crippen LogP contribution in [0.3, 0.4) is 0 Å². The Kier molecular flexibility index (Phi) is 7.27. The zero-order valence-corrected chi connectivity index (χ0v) is 19.1. The number of hydrogen-bond donors (Lipinski definition) is 1. The fourth-order valence-electron chi connectivity index (χ4n) is 2.95. The van der Waals surface area contributed by atoms with Gasteiger partial charge in [-0.3, -0.25) is 9.10 Å². The summed E-state index contributed by atoms with van der Waals surface area (Å²) in [6.07, 6.45) is 1.51. The highest BCUT2D eigenvalue weighted by Crippen LogP contribution is 2.23. The Balaban J connectivity index is 1.76. The van der Waals surface area contributed by atoms with E-state index in [0.29, 0.717) is 5.69 Å². The third kappa shape index (κ3) is 5.73. The van der Waals surface area contributed by atoms with Crippen LogP contribution in [-0.4, -0.2) is 41.2 Å². The van der Waals surface area contributed by atoms with E-state index in [9.17, 15) is 13.2 Å². The van der Waals surface area contributed by atoms with Crippen molar-refractivity contribution < 1.29 is 13.2 Å². The van der Waals surface area contributed by atoms with Gasteiger partial charge in [0, 0.05) is 19.8 Å². The minimum absolute atomic E-state index is 0.115. The third-order valence-corrected chi connectivity index (χ3v) is 6.54. The molecule has 0 heterocycles. The van der Waals surface area contributed by atoms with Gasteiger partial charge in [0.15, 0.2) is 0 Å². The standard InChI is InChI=1S/C24H26N4O3S/c1-19-9-15-23(16-10-19)32(30,31)28(22-7-5-4-6-8-22)18-24(29)26-25-17-20-11-13-21(14-12-20)27(2)3/h4-17H,18H2,1-3H3,(H,26,29)/b25-17-. The van der Waals surface area contributed by atoms with Gasteiger partial charge in [-0.15, -0.1) is 0 Å². The lowest BCUT2D eigenvalue weighted by Crippen LogP contribution is -2.39. The van der Waals surface area contributed by atoms with E-state index < -0.39 is 22.5 Å². The molecule has 7 nitrogen and oxygen atoms in total. The van der Waals surface area contributed by atoms with Gasteiger partial charge in [-0.25, -0.2) is 13.8 Å². The molecule has 3 rings (SSSR count).